The van der Waals surface area contributed by atoms with E-state index < -0.39 is 0 Å². The Morgan fingerprint density at radius 2 is 1.87 bits per heavy atom. The SMILES string of the molecule is Cc1cc(N)c(C(=N)c2cc(N3CCN(C(=O)C4CC4)CC3)ncn2)cc1OC(C)C. The molecule has 0 unspecified atom stereocenters. The van der Waals surface area contributed by atoms with E-state index in [2.05, 4.69) is 14.9 Å². The van der Waals surface area contributed by atoms with E-state index in [9.17, 15) is 4.79 Å². The second kappa shape index (κ2) is 8.53. The van der Waals surface area contributed by atoms with Crippen molar-refractivity contribution in [2.45, 2.75) is 39.7 Å². The van der Waals surface area contributed by atoms with Crippen LogP contribution in [0.4, 0.5) is 11.5 Å². The smallest absolute Gasteiger partial charge is 0.225 e. The number of hydrogen-bond acceptors (Lipinski definition) is 7. The summed E-state index contributed by atoms with van der Waals surface area (Å²) in [5, 5.41) is 8.72. The first-order chi connectivity index (χ1) is 14.8. The number of benzene rings is 1. The van der Waals surface area contributed by atoms with Crippen LogP contribution in [0.25, 0.3) is 0 Å². The quantitative estimate of drug-likeness (QED) is 0.547. The molecular weight excluding hydrogens is 392 g/mol. The summed E-state index contributed by atoms with van der Waals surface area (Å²) in [6.45, 7) is 8.73. The molecule has 1 saturated carbocycles. The number of rotatable bonds is 6. The monoisotopic (exact) mass is 422 g/mol. The first kappa shape index (κ1) is 21.1. The maximum absolute atomic E-state index is 12.3. The molecule has 0 spiro atoms. The van der Waals surface area contributed by atoms with E-state index in [1.165, 1.54) is 6.33 Å². The van der Waals surface area contributed by atoms with Gasteiger partial charge in [-0.1, -0.05) is 0 Å². The molecule has 31 heavy (non-hydrogen) atoms. The lowest BCUT2D eigenvalue weighted by Gasteiger charge is -2.35. The van der Waals surface area contributed by atoms with Gasteiger partial charge in [-0.05, 0) is 51.3 Å². The van der Waals surface area contributed by atoms with Crippen molar-refractivity contribution in [2.75, 3.05) is 36.8 Å². The Morgan fingerprint density at radius 1 is 1.16 bits per heavy atom. The van der Waals surface area contributed by atoms with Gasteiger partial charge in [0.1, 0.15) is 17.9 Å². The van der Waals surface area contributed by atoms with Crippen molar-refractivity contribution in [3.8, 4) is 5.75 Å². The summed E-state index contributed by atoms with van der Waals surface area (Å²) in [6, 6.07) is 5.47. The van der Waals surface area contributed by atoms with Gasteiger partial charge in [-0.2, -0.15) is 0 Å². The van der Waals surface area contributed by atoms with Crippen molar-refractivity contribution in [1.82, 2.24) is 14.9 Å². The Morgan fingerprint density at radius 3 is 2.52 bits per heavy atom. The molecule has 4 rings (SSSR count). The van der Waals surface area contributed by atoms with Crippen molar-refractivity contribution in [1.29, 1.82) is 5.41 Å². The summed E-state index contributed by atoms with van der Waals surface area (Å²) >= 11 is 0. The third-order valence-corrected chi connectivity index (χ3v) is 5.73. The number of aryl methyl sites for hydroxylation is 1. The summed E-state index contributed by atoms with van der Waals surface area (Å²) in [7, 11) is 0. The molecule has 2 heterocycles. The lowest BCUT2D eigenvalue weighted by Crippen LogP contribution is -2.49. The maximum atomic E-state index is 12.3. The molecule has 1 aliphatic carbocycles. The molecule has 2 aromatic rings. The van der Waals surface area contributed by atoms with E-state index in [0.29, 0.717) is 35.9 Å². The van der Waals surface area contributed by atoms with Gasteiger partial charge < -0.3 is 20.3 Å². The molecule has 0 atom stereocenters. The van der Waals surface area contributed by atoms with Crippen molar-refractivity contribution >= 4 is 23.1 Å². The van der Waals surface area contributed by atoms with E-state index in [4.69, 9.17) is 15.9 Å². The average Bonchev–Trinajstić information content (AvgIpc) is 3.60. The molecule has 3 N–H and O–H groups in total. The van der Waals surface area contributed by atoms with Crippen molar-refractivity contribution in [2.24, 2.45) is 5.92 Å². The summed E-state index contributed by atoms with van der Waals surface area (Å²) in [4.78, 5) is 25.1. The molecule has 1 aromatic heterocycles. The highest BCUT2D eigenvalue weighted by atomic mass is 16.5. The second-order valence-corrected chi connectivity index (χ2v) is 8.59. The van der Waals surface area contributed by atoms with Crippen molar-refractivity contribution in [3.05, 3.63) is 41.3 Å². The highest BCUT2D eigenvalue weighted by Crippen LogP contribution is 2.31. The van der Waals surface area contributed by atoms with E-state index in [1.807, 2.05) is 43.9 Å². The van der Waals surface area contributed by atoms with Crippen LogP contribution in [0.3, 0.4) is 0 Å². The number of carbonyl (C=O) groups is 1. The fraction of sp³-hybridized carbons (Fsp3) is 0.478. The lowest BCUT2D eigenvalue weighted by atomic mass is 10.0. The normalized spacial score (nSPS) is 16.5. The number of aromatic nitrogens is 2. The maximum Gasteiger partial charge on any atom is 0.225 e. The fourth-order valence-electron chi connectivity index (χ4n) is 3.85. The van der Waals surface area contributed by atoms with Gasteiger partial charge >= 0.3 is 0 Å². The zero-order chi connectivity index (χ0) is 22.1. The molecule has 1 amide bonds. The molecule has 2 fully saturated rings. The number of ether oxygens (including phenoxy) is 1. The number of nitrogen functional groups attached to an aromatic ring is 1. The Bertz CT molecular complexity index is 994. The predicted molar refractivity (Wildman–Crippen MR) is 121 cm³/mol. The summed E-state index contributed by atoms with van der Waals surface area (Å²) in [5.74, 6) is 2.02. The minimum absolute atomic E-state index is 0.0282. The number of nitrogens with zero attached hydrogens (tertiary/aromatic N) is 4. The van der Waals surface area contributed by atoms with E-state index in [-0.39, 0.29) is 17.7 Å². The van der Waals surface area contributed by atoms with Crippen LogP contribution in [0.5, 0.6) is 5.75 Å². The van der Waals surface area contributed by atoms with Gasteiger partial charge in [-0.3, -0.25) is 10.2 Å². The highest BCUT2D eigenvalue weighted by molar-refractivity contribution is 6.13. The first-order valence-corrected chi connectivity index (χ1v) is 10.9. The number of carbonyl (C=O) groups excluding carboxylic acids is 1. The Hall–Kier alpha value is -3.16. The van der Waals surface area contributed by atoms with Crippen molar-refractivity contribution < 1.29 is 9.53 Å². The molecule has 1 saturated heterocycles. The van der Waals surface area contributed by atoms with Gasteiger partial charge in [0.2, 0.25) is 5.91 Å². The van der Waals surface area contributed by atoms with Crippen LogP contribution < -0.4 is 15.4 Å². The number of hydrogen-bond donors (Lipinski definition) is 2. The summed E-state index contributed by atoms with van der Waals surface area (Å²) < 4.78 is 5.87. The second-order valence-electron chi connectivity index (χ2n) is 8.59. The molecular formula is C23H30N6O2. The molecule has 8 heteroatoms. The molecule has 1 aliphatic heterocycles. The summed E-state index contributed by atoms with van der Waals surface area (Å²) in [5.41, 5.74) is 9.01. The van der Waals surface area contributed by atoms with Crippen LogP contribution in [0.15, 0.2) is 24.5 Å². The highest BCUT2D eigenvalue weighted by Gasteiger charge is 2.34. The van der Waals surface area contributed by atoms with Gasteiger partial charge in [0, 0.05) is 49.4 Å². The number of amides is 1. The molecule has 0 radical (unpaired) electrons. The molecule has 8 nitrogen and oxygen atoms in total. The number of piperazine rings is 1. The van der Waals surface area contributed by atoms with E-state index in [0.717, 1.165) is 43.1 Å². The van der Waals surface area contributed by atoms with Crippen LogP contribution >= 0.6 is 0 Å². The fourth-order valence-corrected chi connectivity index (χ4v) is 3.85. The molecule has 0 bridgehead atoms. The number of nitrogens with two attached hydrogens (primary N) is 1. The van der Waals surface area contributed by atoms with Crippen molar-refractivity contribution in [3.63, 3.8) is 0 Å². The van der Waals surface area contributed by atoms with Crippen LogP contribution in [-0.4, -0.2) is 58.8 Å². The van der Waals surface area contributed by atoms with Gasteiger partial charge in [0.15, 0.2) is 0 Å². The number of anilines is 2. The third kappa shape index (κ3) is 4.62. The van der Waals surface area contributed by atoms with Crippen LogP contribution in [-0.2, 0) is 4.79 Å². The van der Waals surface area contributed by atoms with Gasteiger partial charge in [-0.15, -0.1) is 0 Å². The minimum Gasteiger partial charge on any atom is -0.491 e. The lowest BCUT2D eigenvalue weighted by molar-refractivity contribution is -0.132. The molecule has 164 valence electrons. The van der Waals surface area contributed by atoms with Crippen LogP contribution in [0.2, 0.25) is 0 Å². The largest absolute Gasteiger partial charge is 0.491 e. The van der Waals surface area contributed by atoms with E-state index in [1.54, 1.807) is 0 Å². The van der Waals surface area contributed by atoms with Crippen LogP contribution in [0.1, 0.15) is 43.5 Å². The Balaban J connectivity index is 1.51. The molecule has 2 aliphatic rings. The minimum atomic E-state index is 0.0282. The van der Waals surface area contributed by atoms with Crippen LogP contribution in [0, 0.1) is 18.3 Å². The van der Waals surface area contributed by atoms with Gasteiger partial charge in [0.25, 0.3) is 0 Å². The molecule has 1 aromatic carbocycles. The predicted octanol–water partition coefficient (Wildman–Crippen LogP) is 2.63. The topological polar surface area (TPSA) is 108 Å². The Labute approximate surface area is 182 Å². The summed E-state index contributed by atoms with van der Waals surface area (Å²) in [6.07, 6.45) is 3.57. The van der Waals surface area contributed by atoms with Gasteiger partial charge in [-0.25, -0.2) is 9.97 Å². The first-order valence-electron chi connectivity index (χ1n) is 10.9. The zero-order valence-corrected chi connectivity index (χ0v) is 18.4. The number of nitrogens with one attached hydrogen (secondary N) is 1. The average molecular weight is 423 g/mol. The third-order valence-electron chi connectivity index (χ3n) is 5.73. The van der Waals surface area contributed by atoms with E-state index >= 15 is 0 Å². The van der Waals surface area contributed by atoms with Gasteiger partial charge in [0.05, 0.1) is 17.5 Å². The Kier molecular flexibility index (Phi) is 5.80. The standard InChI is InChI=1S/C23H30N6O2/c1-14(2)31-20-11-17(18(24)10-15(20)3)22(25)19-12-21(27-13-26-19)28-6-8-29(9-7-28)23(30)16-4-5-16/h10-14,16,25H,4-9,24H2,1-3H3. The zero-order valence-electron chi connectivity index (χ0n) is 18.4.